The van der Waals surface area contributed by atoms with Crippen LogP contribution in [0.3, 0.4) is 0 Å². The normalized spacial score (nSPS) is 11.4. The fourth-order valence-electron chi connectivity index (χ4n) is 1.84. The minimum absolute atomic E-state index is 0.00792. The van der Waals surface area contributed by atoms with Gasteiger partial charge in [0.05, 0.1) is 0 Å². The molecule has 0 aromatic carbocycles. The average molecular weight is 195 g/mol. The summed E-state index contributed by atoms with van der Waals surface area (Å²) in [7, 11) is 0. The van der Waals surface area contributed by atoms with E-state index in [9.17, 15) is 0 Å². The van der Waals surface area contributed by atoms with Gasteiger partial charge >= 0.3 is 0 Å². The van der Waals surface area contributed by atoms with E-state index < -0.39 is 0 Å². The van der Waals surface area contributed by atoms with Gasteiger partial charge in [0.2, 0.25) is 0 Å². The van der Waals surface area contributed by atoms with E-state index in [4.69, 9.17) is 5.41 Å². The first-order chi connectivity index (χ1) is 6.63. The molecule has 0 atom stereocenters. The molecule has 82 valence electrons. The van der Waals surface area contributed by atoms with Gasteiger partial charge in [0.1, 0.15) is 0 Å². The summed E-state index contributed by atoms with van der Waals surface area (Å²) in [6, 6.07) is 0. The highest BCUT2D eigenvalue weighted by atomic mass is 14.5. The van der Waals surface area contributed by atoms with Crippen LogP contribution in [0.4, 0.5) is 0 Å². The van der Waals surface area contributed by atoms with Crippen LogP contribution in [0.25, 0.3) is 0 Å². The van der Waals surface area contributed by atoms with Gasteiger partial charge in [0, 0.05) is 11.1 Å². The third-order valence-electron chi connectivity index (χ3n) is 3.09. The third kappa shape index (κ3) is 3.65. The van der Waals surface area contributed by atoms with Gasteiger partial charge in [0.25, 0.3) is 0 Å². The third-order valence-corrected chi connectivity index (χ3v) is 3.09. The summed E-state index contributed by atoms with van der Waals surface area (Å²) in [6.07, 6.45) is 9.01. The molecule has 0 rings (SSSR count). The van der Waals surface area contributed by atoms with Crippen molar-refractivity contribution in [1.29, 1.82) is 5.41 Å². The van der Waals surface area contributed by atoms with Crippen LogP contribution < -0.4 is 0 Å². The Kier molecular flexibility index (Phi) is 6.52. The highest BCUT2D eigenvalue weighted by Crippen LogP contribution is 2.33. The maximum absolute atomic E-state index is 7.89. The Bertz CT molecular complexity index is 174. The van der Waals surface area contributed by atoms with Crippen LogP contribution in [0.1, 0.15) is 59.3 Å². The maximum atomic E-state index is 7.89. The van der Waals surface area contributed by atoms with Gasteiger partial charge < -0.3 is 5.41 Å². The quantitative estimate of drug-likeness (QED) is 0.433. The molecule has 0 saturated heterocycles. The highest BCUT2D eigenvalue weighted by Gasteiger charge is 2.27. The molecule has 14 heavy (non-hydrogen) atoms. The van der Waals surface area contributed by atoms with Crippen LogP contribution in [-0.4, -0.2) is 5.71 Å². The molecule has 0 unspecified atom stereocenters. The first kappa shape index (κ1) is 13.4. The standard InChI is InChI=1S/C13H25N/c1-5-8-10-13(7-3,12(4)14)11-9-6-2/h7,14H,3,5-6,8-11H2,1-2,4H3. The zero-order valence-corrected chi connectivity index (χ0v) is 10.0. The average Bonchev–Trinajstić information content (AvgIpc) is 2.18. The van der Waals surface area contributed by atoms with E-state index in [1.54, 1.807) is 0 Å². The van der Waals surface area contributed by atoms with Crippen molar-refractivity contribution in [2.75, 3.05) is 0 Å². The van der Waals surface area contributed by atoms with E-state index in [1.165, 1.54) is 25.7 Å². The number of unbranched alkanes of at least 4 members (excludes halogenated alkanes) is 2. The van der Waals surface area contributed by atoms with Crippen molar-refractivity contribution in [3.63, 3.8) is 0 Å². The van der Waals surface area contributed by atoms with E-state index in [0.29, 0.717) is 0 Å². The zero-order valence-electron chi connectivity index (χ0n) is 10.0. The Morgan fingerprint density at radius 1 is 1.21 bits per heavy atom. The van der Waals surface area contributed by atoms with Crippen molar-refractivity contribution in [3.05, 3.63) is 12.7 Å². The first-order valence-electron chi connectivity index (χ1n) is 5.82. The molecule has 0 spiro atoms. The molecule has 0 aromatic rings. The summed E-state index contributed by atoms with van der Waals surface area (Å²) >= 11 is 0. The van der Waals surface area contributed by atoms with Gasteiger partial charge in [0.15, 0.2) is 0 Å². The van der Waals surface area contributed by atoms with E-state index in [-0.39, 0.29) is 5.41 Å². The van der Waals surface area contributed by atoms with Crippen molar-refractivity contribution in [1.82, 2.24) is 0 Å². The minimum Gasteiger partial charge on any atom is -0.309 e. The van der Waals surface area contributed by atoms with Crippen LogP contribution in [0.15, 0.2) is 12.7 Å². The summed E-state index contributed by atoms with van der Waals surface area (Å²) in [4.78, 5) is 0. The number of hydrogen-bond acceptors (Lipinski definition) is 1. The van der Waals surface area contributed by atoms with Gasteiger partial charge in [-0.1, -0.05) is 45.6 Å². The second-order valence-corrected chi connectivity index (χ2v) is 4.19. The lowest BCUT2D eigenvalue weighted by molar-refractivity contribution is 0.412. The smallest absolute Gasteiger partial charge is 0.0253 e. The van der Waals surface area contributed by atoms with Crippen LogP contribution in [-0.2, 0) is 0 Å². The fourth-order valence-corrected chi connectivity index (χ4v) is 1.84. The molecule has 0 aliphatic heterocycles. The molecule has 0 aliphatic rings. The van der Waals surface area contributed by atoms with Crippen molar-refractivity contribution >= 4 is 5.71 Å². The molecule has 0 fully saturated rings. The van der Waals surface area contributed by atoms with Crippen molar-refractivity contribution in [2.24, 2.45) is 5.41 Å². The Morgan fingerprint density at radius 2 is 1.64 bits per heavy atom. The summed E-state index contributed by atoms with van der Waals surface area (Å²) < 4.78 is 0. The van der Waals surface area contributed by atoms with Gasteiger partial charge in [-0.05, 0) is 19.8 Å². The maximum Gasteiger partial charge on any atom is 0.0253 e. The molecule has 0 aromatic heterocycles. The number of hydrogen-bond donors (Lipinski definition) is 1. The fraction of sp³-hybridized carbons (Fsp3) is 0.769. The number of allylic oxidation sites excluding steroid dienone is 1. The molecule has 1 N–H and O–H groups in total. The topological polar surface area (TPSA) is 23.9 Å². The zero-order chi connectivity index (χ0) is 11.0. The van der Waals surface area contributed by atoms with Crippen LogP contribution >= 0.6 is 0 Å². The first-order valence-corrected chi connectivity index (χ1v) is 5.82. The second-order valence-electron chi connectivity index (χ2n) is 4.19. The van der Waals surface area contributed by atoms with Gasteiger partial charge in [-0.25, -0.2) is 0 Å². The lowest BCUT2D eigenvalue weighted by Gasteiger charge is -2.30. The van der Waals surface area contributed by atoms with Crippen LogP contribution in [0, 0.1) is 10.8 Å². The van der Waals surface area contributed by atoms with E-state index in [2.05, 4.69) is 20.4 Å². The summed E-state index contributed by atoms with van der Waals surface area (Å²) in [5.74, 6) is 0. The molecule has 0 bridgehead atoms. The van der Waals surface area contributed by atoms with Crippen LogP contribution in [0.2, 0.25) is 0 Å². The molecule has 1 heteroatoms. The number of rotatable bonds is 8. The summed E-state index contributed by atoms with van der Waals surface area (Å²) in [5, 5.41) is 7.89. The predicted molar refractivity (Wildman–Crippen MR) is 65.1 cm³/mol. The Morgan fingerprint density at radius 3 is 1.86 bits per heavy atom. The monoisotopic (exact) mass is 195 g/mol. The lowest BCUT2D eigenvalue weighted by atomic mass is 9.75. The molecular weight excluding hydrogens is 170 g/mol. The molecule has 0 amide bonds. The molecule has 0 radical (unpaired) electrons. The largest absolute Gasteiger partial charge is 0.309 e. The second kappa shape index (κ2) is 6.80. The lowest BCUT2D eigenvalue weighted by Crippen LogP contribution is -2.26. The Balaban J connectivity index is 4.43. The molecule has 0 aliphatic carbocycles. The van der Waals surface area contributed by atoms with Gasteiger partial charge in [-0.2, -0.15) is 0 Å². The highest BCUT2D eigenvalue weighted by molar-refractivity contribution is 5.86. The Labute approximate surface area is 89.1 Å². The molecule has 0 saturated carbocycles. The van der Waals surface area contributed by atoms with Gasteiger partial charge in [-0.3, -0.25) is 0 Å². The molecule has 1 nitrogen and oxygen atoms in total. The van der Waals surface area contributed by atoms with Crippen molar-refractivity contribution in [2.45, 2.75) is 59.3 Å². The summed E-state index contributed by atoms with van der Waals surface area (Å²) in [6.45, 7) is 10.2. The SMILES string of the molecule is C=CC(CCCC)(CCCC)C(C)=N. The van der Waals surface area contributed by atoms with Crippen LogP contribution in [0.5, 0.6) is 0 Å². The van der Waals surface area contributed by atoms with E-state index in [1.807, 2.05) is 13.0 Å². The molecule has 0 heterocycles. The van der Waals surface area contributed by atoms with E-state index in [0.717, 1.165) is 18.6 Å². The minimum atomic E-state index is -0.00792. The van der Waals surface area contributed by atoms with E-state index >= 15 is 0 Å². The summed E-state index contributed by atoms with van der Waals surface area (Å²) in [5.41, 5.74) is 0.779. The number of nitrogens with one attached hydrogen (secondary N) is 1. The predicted octanol–water partition coefficient (Wildman–Crippen LogP) is 4.58. The van der Waals surface area contributed by atoms with Gasteiger partial charge in [-0.15, -0.1) is 6.58 Å². The molecular formula is C13H25N. The van der Waals surface area contributed by atoms with Crippen molar-refractivity contribution in [3.8, 4) is 0 Å². The Hall–Kier alpha value is -0.590. The van der Waals surface area contributed by atoms with Crippen molar-refractivity contribution < 1.29 is 0 Å².